The van der Waals surface area contributed by atoms with Crippen LogP contribution in [0.25, 0.3) is 5.65 Å². The molecule has 2 N–H and O–H groups in total. The summed E-state index contributed by atoms with van der Waals surface area (Å²) >= 11 is 0. The molecule has 0 saturated heterocycles. The SMILES string of the molecule is Cc1cccn2c(=O)c(C(=O)O)c(NCC3CCCCC3)nc12. The van der Waals surface area contributed by atoms with Crippen molar-refractivity contribution < 1.29 is 9.90 Å². The highest BCUT2D eigenvalue weighted by molar-refractivity contribution is 5.93. The first-order chi connectivity index (χ1) is 11.1. The number of aryl methyl sites for hydroxylation is 1. The van der Waals surface area contributed by atoms with E-state index >= 15 is 0 Å². The summed E-state index contributed by atoms with van der Waals surface area (Å²) in [6.07, 6.45) is 7.53. The van der Waals surface area contributed by atoms with Gasteiger partial charge in [0, 0.05) is 12.7 Å². The maximum atomic E-state index is 12.5. The second-order valence-corrected chi connectivity index (χ2v) is 6.22. The van der Waals surface area contributed by atoms with Gasteiger partial charge in [0.05, 0.1) is 0 Å². The number of carboxylic acids is 1. The average molecular weight is 315 g/mol. The molecule has 0 radical (unpaired) electrons. The van der Waals surface area contributed by atoms with Gasteiger partial charge in [0.25, 0.3) is 5.56 Å². The van der Waals surface area contributed by atoms with Crippen molar-refractivity contribution in [1.82, 2.24) is 9.38 Å². The second-order valence-electron chi connectivity index (χ2n) is 6.22. The van der Waals surface area contributed by atoms with Gasteiger partial charge in [-0.3, -0.25) is 9.20 Å². The van der Waals surface area contributed by atoms with E-state index in [4.69, 9.17) is 0 Å². The highest BCUT2D eigenvalue weighted by Gasteiger charge is 2.21. The Morgan fingerprint density at radius 1 is 1.39 bits per heavy atom. The fourth-order valence-corrected chi connectivity index (χ4v) is 3.25. The predicted octanol–water partition coefficient (Wildman–Crippen LogP) is 2.69. The van der Waals surface area contributed by atoms with Crippen LogP contribution in [0.4, 0.5) is 5.82 Å². The number of fused-ring (bicyclic) bond motifs is 1. The third-order valence-corrected chi connectivity index (χ3v) is 4.55. The number of anilines is 1. The number of pyridine rings is 1. The molecule has 2 aromatic heterocycles. The summed E-state index contributed by atoms with van der Waals surface area (Å²) in [6, 6.07) is 3.57. The lowest BCUT2D eigenvalue weighted by atomic mass is 9.89. The van der Waals surface area contributed by atoms with Crippen LogP contribution < -0.4 is 10.9 Å². The van der Waals surface area contributed by atoms with Gasteiger partial charge in [-0.15, -0.1) is 0 Å². The molecule has 1 aliphatic carbocycles. The first-order valence-electron chi connectivity index (χ1n) is 8.07. The van der Waals surface area contributed by atoms with Crippen LogP contribution in [0.2, 0.25) is 0 Å². The van der Waals surface area contributed by atoms with Gasteiger partial charge in [0.1, 0.15) is 11.5 Å². The maximum Gasteiger partial charge on any atom is 0.345 e. The van der Waals surface area contributed by atoms with Crippen LogP contribution in [0.1, 0.15) is 48.0 Å². The molecule has 0 bridgehead atoms. The first-order valence-corrected chi connectivity index (χ1v) is 8.07. The predicted molar refractivity (Wildman–Crippen MR) is 88.2 cm³/mol. The summed E-state index contributed by atoms with van der Waals surface area (Å²) in [5, 5.41) is 12.5. The second kappa shape index (κ2) is 6.40. The van der Waals surface area contributed by atoms with Crippen molar-refractivity contribution in [2.45, 2.75) is 39.0 Å². The Morgan fingerprint density at radius 3 is 2.83 bits per heavy atom. The number of hydrogen-bond donors (Lipinski definition) is 2. The fourth-order valence-electron chi connectivity index (χ4n) is 3.25. The molecule has 0 unspecified atom stereocenters. The van der Waals surface area contributed by atoms with Gasteiger partial charge in [-0.05, 0) is 37.3 Å². The Hall–Kier alpha value is -2.37. The molecule has 6 nitrogen and oxygen atoms in total. The molecule has 1 saturated carbocycles. The number of carbonyl (C=O) groups is 1. The minimum absolute atomic E-state index is 0.183. The Labute approximate surface area is 134 Å². The highest BCUT2D eigenvalue weighted by atomic mass is 16.4. The van der Waals surface area contributed by atoms with Crippen molar-refractivity contribution in [3.05, 3.63) is 39.8 Å². The summed E-state index contributed by atoms with van der Waals surface area (Å²) in [4.78, 5) is 28.4. The summed E-state index contributed by atoms with van der Waals surface area (Å²) in [6.45, 7) is 2.52. The molecular weight excluding hydrogens is 294 g/mol. The molecule has 2 aromatic rings. The Morgan fingerprint density at radius 2 is 2.13 bits per heavy atom. The summed E-state index contributed by atoms with van der Waals surface area (Å²) in [5.41, 5.74) is 0.497. The van der Waals surface area contributed by atoms with E-state index in [9.17, 15) is 14.7 Å². The van der Waals surface area contributed by atoms with E-state index in [0.29, 0.717) is 18.1 Å². The number of nitrogens with zero attached hydrogens (tertiary/aromatic N) is 2. The van der Waals surface area contributed by atoms with Gasteiger partial charge < -0.3 is 10.4 Å². The zero-order chi connectivity index (χ0) is 16.4. The third-order valence-electron chi connectivity index (χ3n) is 4.55. The topological polar surface area (TPSA) is 83.7 Å². The highest BCUT2D eigenvalue weighted by Crippen LogP contribution is 2.24. The number of aromatic carboxylic acids is 1. The van der Waals surface area contributed by atoms with Crippen molar-refractivity contribution >= 4 is 17.4 Å². The van der Waals surface area contributed by atoms with Gasteiger partial charge >= 0.3 is 5.97 Å². The zero-order valence-corrected chi connectivity index (χ0v) is 13.2. The Balaban J connectivity index is 2.00. The summed E-state index contributed by atoms with van der Waals surface area (Å²) < 4.78 is 1.30. The number of carboxylic acid groups (broad SMARTS) is 1. The number of rotatable bonds is 4. The van der Waals surface area contributed by atoms with Gasteiger partial charge in [0.15, 0.2) is 5.56 Å². The monoisotopic (exact) mass is 315 g/mol. The molecule has 0 amide bonds. The van der Waals surface area contributed by atoms with Crippen LogP contribution in [0.3, 0.4) is 0 Å². The van der Waals surface area contributed by atoms with Crippen LogP contribution in [-0.2, 0) is 0 Å². The van der Waals surface area contributed by atoms with E-state index in [-0.39, 0.29) is 11.4 Å². The van der Waals surface area contributed by atoms with E-state index in [2.05, 4.69) is 10.3 Å². The quantitative estimate of drug-likeness (QED) is 0.906. The molecule has 0 atom stereocenters. The van der Waals surface area contributed by atoms with Gasteiger partial charge in [-0.1, -0.05) is 25.3 Å². The van der Waals surface area contributed by atoms with Gasteiger partial charge in [-0.25, -0.2) is 9.78 Å². The van der Waals surface area contributed by atoms with Gasteiger partial charge in [0.2, 0.25) is 0 Å². The molecular formula is C17H21N3O3. The molecule has 1 aliphatic rings. The molecule has 122 valence electrons. The minimum atomic E-state index is -1.25. The molecule has 1 fully saturated rings. The van der Waals surface area contributed by atoms with Crippen molar-refractivity contribution in [2.75, 3.05) is 11.9 Å². The van der Waals surface area contributed by atoms with Crippen molar-refractivity contribution in [3.63, 3.8) is 0 Å². The smallest absolute Gasteiger partial charge is 0.345 e. The lowest BCUT2D eigenvalue weighted by molar-refractivity contribution is 0.0695. The van der Waals surface area contributed by atoms with E-state index in [0.717, 1.165) is 18.4 Å². The normalized spacial score (nSPS) is 15.7. The van der Waals surface area contributed by atoms with Crippen molar-refractivity contribution in [2.24, 2.45) is 5.92 Å². The van der Waals surface area contributed by atoms with Crippen LogP contribution in [0, 0.1) is 12.8 Å². The molecule has 0 spiro atoms. The van der Waals surface area contributed by atoms with Gasteiger partial charge in [-0.2, -0.15) is 0 Å². The largest absolute Gasteiger partial charge is 0.477 e. The van der Waals surface area contributed by atoms with Crippen LogP contribution in [0.5, 0.6) is 0 Å². The lowest BCUT2D eigenvalue weighted by Gasteiger charge is -2.22. The number of aromatic nitrogens is 2. The standard InChI is InChI=1S/C17H21N3O3/c1-11-6-5-9-20-15(11)19-14(13(16(20)21)17(22)23)18-10-12-7-3-2-4-8-12/h5-6,9,12,18H,2-4,7-8,10H2,1H3,(H,22,23). The molecule has 2 heterocycles. The van der Waals surface area contributed by atoms with Crippen LogP contribution >= 0.6 is 0 Å². The van der Waals surface area contributed by atoms with Crippen molar-refractivity contribution in [3.8, 4) is 0 Å². The molecule has 6 heteroatoms. The molecule has 0 aliphatic heterocycles. The number of nitrogens with one attached hydrogen (secondary N) is 1. The molecule has 3 rings (SSSR count). The van der Waals surface area contributed by atoms with E-state index in [1.807, 2.05) is 13.0 Å². The number of hydrogen-bond acceptors (Lipinski definition) is 4. The average Bonchev–Trinajstić information content (AvgIpc) is 2.54. The Kier molecular flexibility index (Phi) is 4.32. The summed E-state index contributed by atoms with van der Waals surface area (Å²) in [5.74, 6) is -0.547. The Bertz CT molecular complexity index is 792. The molecule has 0 aromatic carbocycles. The van der Waals surface area contributed by atoms with Crippen LogP contribution in [0.15, 0.2) is 23.1 Å². The zero-order valence-electron chi connectivity index (χ0n) is 13.2. The van der Waals surface area contributed by atoms with E-state index in [1.54, 1.807) is 12.3 Å². The minimum Gasteiger partial charge on any atom is -0.477 e. The van der Waals surface area contributed by atoms with E-state index in [1.165, 1.54) is 23.7 Å². The lowest BCUT2D eigenvalue weighted by Crippen LogP contribution is -2.27. The van der Waals surface area contributed by atoms with Crippen molar-refractivity contribution in [1.29, 1.82) is 0 Å². The third kappa shape index (κ3) is 3.06. The first kappa shape index (κ1) is 15.5. The van der Waals surface area contributed by atoms with E-state index < -0.39 is 11.5 Å². The fraction of sp³-hybridized carbons (Fsp3) is 0.471. The summed E-state index contributed by atoms with van der Waals surface area (Å²) in [7, 11) is 0. The maximum absolute atomic E-state index is 12.5. The van der Waals surface area contributed by atoms with Crippen LogP contribution in [-0.4, -0.2) is 27.0 Å². The molecule has 23 heavy (non-hydrogen) atoms.